The number of rotatable bonds is 2. The predicted octanol–water partition coefficient (Wildman–Crippen LogP) is 0.387. The fraction of sp³-hybridized carbons (Fsp3) is 0.286. The second-order valence-electron chi connectivity index (χ2n) is 2.45. The van der Waals surface area contributed by atoms with Gasteiger partial charge < -0.3 is 15.8 Å². The van der Waals surface area contributed by atoms with Crippen LogP contribution in [-0.4, -0.2) is 10.1 Å². The maximum Gasteiger partial charge on any atom is 0.278 e. The molecule has 0 radical (unpaired) electrons. The standard InChI is InChI=1S/C7H8F2N2O2/c8-6(9)5-1-4(10)3(2-12)7(13)11-5/h1,6,12H,2H2,(H3,10,11,13). The first-order chi connectivity index (χ1) is 6.06. The van der Waals surface area contributed by atoms with Crippen molar-refractivity contribution in [1.29, 1.82) is 0 Å². The fourth-order valence-corrected chi connectivity index (χ4v) is 0.909. The van der Waals surface area contributed by atoms with E-state index in [1.54, 1.807) is 0 Å². The van der Waals surface area contributed by atoms with Crippen molar-refractivity contribution in [3.05, 3.63) is 27.7 Å². The summed E-state index contributed by atoms with van der Waals surface area (Å²) in [5.74, 6) is 0. The molecule has 0 aliphatic heterocycles. The average molecular weight is 190 g/mol. The zero-order valence-corrected chi connectivity index (χ0v) is 6.55. The molecule has 0 fully saturated rings. The molecular formula is C7H8F2N2O2. The van der Waals surface area contributed by atoms with E-state index in [2.05, 4.69) is 0 Å². The number of aromatic amines is 1. The quantitative estimate of drug-likeness (QED) is 0.631. The molecule has 6 heteroatoms. The number of pyridine rings is 1. The van der Waals surface area contributed by atoms with Gasteiger partial charge in [0.15, 0.2) is 0 Å². The molecule has 0 amide bonds. The van der Waals surface area contributed by atoms with Crippen molar-refractivity contribution in [3.63, 3.8) is 0 Å². The van der Waals surface area contributed by atoms with Gasteiger partial charge >= 0.3 is 0 Å². The van der Waals surface area contributed by atoms with E-state index in [9.17, 15) is 13.6 Å². The largest absolute Gasteiger partial charge is 0.398 e. The lowest BCUT2D eigenvalue weighted by Gasteiger charge is -2.04. The number of aliphatic hydroxyl groups excluding tert-OH is 1. The summed E-state index contributed by atoms with van der Waals surface area (Å²) in [6, 6.07) is 0.942. The molecule has 0 aliphatic rings. The number of nitrogen functional groups attached to an aromatic ring is 1. The first-order valence-electron chi connectivity index (χ1n) is 3.47. The molecule has 0 aliphatic carbocycles. The van der Waals surface area contributed by atoms with Crippen LogP contribution in [0.15, 0.2) is 10.9 Å². The van der Waals surface area contributed by atoms with Crippen molar-refractivity contribution in [2.75, 3.05) is 5.73 Å². The minimum atomic E-state index is -2.78. The van der Waals surface area contributed by atoms with E-state index in [0.717, 1.165) is 6.07 Å². The molecule has 0 atom stereocenters. The van der Waals surface area contributed by atoms with Gasteiger partial charge in [0.2, 0.25) is 0 Å². The minimum absolute atomic E-state index is 0.0931. The van der Waals surface area contributed by atoms with Crippen LogP contribution in [0.1, 0.15) is 17.7 Å². The van der Waals surface area contributed by atoms with E-state index < -0.39 is 24.3 Å². The van der Waals surface area contributed by atoms with Crippen molar-refractivity contribution in [3.8, 4) is 0 Å². The molecule has 0 saturated carbocycles. The van der Waals surface area contributed by atoms with Crippen LogP contribution in [0.2, 0.25) is 0 Å². The zero-order valence-electron chi connectivity index (χ0n) is 6.55. The van der Waals surface area contributed by atoms with Gasteiger partial charge in [-0.05, 0) is 6.07 Å². The number of anilines is 1. The first-order valence-corrected chi connectivity index (χ1v) is 3.47. The van der Waals surface area contributed by atoms with Gasteiger partial charge in [0.05, 0.1) is 17.9 Å². The Labute approximate surface area is 72.0 Å². The summed E-state index contributed by atoms with van der Waals surface area (Å²) in [5, 5.41) is 8.64. The SMILES string of the molecule is Nc1cc(C(F)F)[nH]c(=O)c1CO. The predicted molar refractivity (Wildman–Crippen MR) is 42.4 cm³/mol. The maximum atomic E-state index is 12.1. The van der Waals surface area contributed by atoms with Crippen molar-refractivity contribution >= 4 is 5.69 Å². The Morgan fingerprint density at radius 1 is 1.62 bits per heavy atom. The highest BCUT2D eigenvalue weighted by Crippen LogP contribution is 2.18. The molecule has 13 heavy (non-hydrogen) atoms. The van der Waals surface area contributed by atoms with E-state index in [1.165, 1.54) is 0 Å². The van der Waals surface area contributed by atoms with Gasteiger partial charge in [-0.3, -0.25) is 4.79 Å². The highest BCUT2D eigenvalue weighted by atomic mass is 19.3. The third-order valence-corrected chi connectivity index (χ3v) is 1.58. The Balaban J connectivity index is 3.29. The Morgan fingerprint density at radius 3 is 2.62 bits per heavy atom. The summed E-state index contributed by atoms with van der Waals surface area (Å²) in [6.45, 7) is -0.565. The molecular weight excluding hydrogens is 182 g/mol. The number of nitrogens with two attached hydrogens (primary N) is 1. The molecule has 4 N–H and O–H groups in total. The monoisotopic (exact) mass is 190 g/mol. The molecule has 0 saturated heterocycles. The second kappa shape index (κ2) is 3.53. The number of hydrogen-bond donors (Lipinski definition) is 3. The summed E-state index contributed by atoms with van der Waals surface area (Å²) in [7, 11) is 0. The van der Waals surface area contributed by atoms with Gasteiger partial charge in [0, 0.05) is 5.69 Å². The number of aliphatic hydroxyl groups is 1. The summed E-state index contributed by atoms with van der Waals surface area (Å²) < 4.78 is 24.1. The van der Waals surface area contributed by atoms with Crippen LogP contribution in [0.4, 0.5) is 14.5 Å². The van der Waals surface area contributed by atoms with Crippen molar-refractivity contribution in [1.82, 2.24) is 4.98 Å². The molecule has 1 heterocycles. The van der Waals surface area contributed by atoms with Crippen LogP contribution in [0.25, 0.3) is 0 Å². The first kappa shape index (κ1) is 9.66. The Morgan fingerprint density at radius 2 is 2.23 bits per heavy atom. The van der Waals surface area contributed by atoms with Crippen LogP contribution < -0.4 is 11.3 Å². The number of alkyl halides is 2. The summed E-state index contributed by atoms with van der Waals surface area (Å²) in [5.41, 5.74) is 3.72. The average Bonchev–Trinajstić information content (AvgIpc) is 2.03. The van der Waals surface area contributed by atoms with Gasteiger partial charge in [-0.2, -0.15) is 0 Å². The van der Waals surface area contributed by atoms with Crippen molar-refractivity contribution in [2.24, 2.45) is 0 Å². The highest BCUT2D eigenvalue weighted by Gasteiger charge is 2.12. The van der Waals surface area contributed by atoms with Gasteiger partial charge in [0.25, 0.3) is 12.0 Å². The van der Waals surface area contributed by atoms with Crippen LogP contribution in [0.5, 0.6) is 0 Å². The highest BCUT2D eigenvalue weighted by molar-refractivity contribution is 5.46. The Kier molecular flexibility index (Phi) is 2.62. The number of nitrogens with one attached hydrogen (secondary N) is 1. The third kappa shape index (κ3) is 1.83. The van der Waals surface area contributed by atoms with Crippen LogP contribution in [0, 0.1) is 0 Å². The van der Waals surface area contributed by atoms with E-state index in [1.807, 2.05) is 4.98 Å². The zero-order chi connectivity index (χ0) is 10.0. The molecule has 1 aromatic rings. The summed E-state index contributed by atoms with van der Waals surface area (Å²) >= 11 is 0. The summed E-state index contributed by atoms with van der Waals surface area (Å²) in [6.07, 6.45) is -2.78. The summed E-state index contributed by atoms with van der Waals surface area (Å²) in [4.78, 5) is 12.9. The molecule has 4 nitrogen and oxygen atoms in total. The molecule has 1 rings (SSSR count). The van der Waals surface area contributed by atoms with Crippen LogP contribution >= 0.6 is 0 Å². The maximum absolute atomic E-state index is 12.1. The van der Waals surface area contributed by atoms with Gasteiger partial charge in [0.1, 0.15) is 0 Å². The second-order valence-corrected chi connectivity index (χ2v) is 2.45. The Hall–Kier alpha value is -1.43. The van der Waals surface area contributed by atoms with Crippen LogP contribution in [0.3, 0.4) is 0 Å². The molecule has 0 spiro atoms. The van der Waals surface area contributed by atoms with E-state index in [0.29, 0.717) is 0 Å². The smallest absolute Gasteiger partial charge is 0.278 e. The van der Waals surface area contributed by atoms with Crippen LogP contribution in [-0.2, 0) is 6.61 Å². The topological polar surface area (TPSA) is 79.1 Å². The third-order valence-electron chi connectivity index (χ3n) is 1.58. The fourth-order valence-electron chi connectivity index (χ4n) is 0.909. The van der Waals surface area contributed by atoms with E-state index in [-0.39, 0.29) is 11.3 Å². The molecule has 1 aromatic heterocycles. The molecule has 0 unspecified atom stereocenters. The molecule has 0 aromatic carbocycles. The number of halogens is 2. The molecule has 0 bridgehead atoms. The number of H-pyrrole nitrogens is 1. The van der Waals surface area contributed by atoms with Crippen molar-refractivity contribution in [2.45, 2.75) is 13.0 Å². The van der Waals surface area contributed by atoms with Gasteiger partial charge in [-0.1, -0.05) is 0 Å². The lowest BCUT2D eigenvalue weighted by Crippen LogP contribution is -2.17. The van der Waals surface area contributed by atoms with E-state index >= 15 is 0 Å². The van der Waals surface area contributed by atoms with Crippen molar-refractivity contribution < 1.29 is 13.9 Å². The van der Waals surface area contributed by atoms with Gasteiger partial charge in [-0.25, -0.2) is 8.78 Å². The number of hydrogen-bond acceptors (Lipinski definition) is 3. The Bertz CT molecular complexity index is 362. The minimum Gasteiger partial charge on any atom is -0.398 e. The van der Waals surface area contributed by atoms with E-state index in [4.69, 9.17) is 10.8 Å². The normalized spacial score (nSPS) is 10.8. The lowest BCUT2D eigenvalue weighted by atomic mass is 10.2. The lowest BCUT2D eigenvalue weighted by molar-refractivity contribution is 0.145. The number of aromatic nitrogens is 1. The molecule has 72 valence electrons. The van der Waals surface area contributed by atoms with Gasteiger partial charge in [-0.15, -0.1) is 0 Å².